The normalized spacial score (nSPS) is 18.8. The van der Waals surface area contributed by atoms with Gasteiger partial charge in [0.25, 0.3) is 5.95 Å². The number of benzene rings is 1. The predicted octanol–water partition coefficient (Wildman–Crippen LogP) is 1.25. The van der Waals surface area contributed by atoms with Crippen LogP contribution in [-0.2, 0) is 0 Å². The number of carbonyl (C=O) groups excluding carboxylic acids is 1. The molecule has 2 N–H and O–H groups in total. The van der Waals surface area contributed by atoms with Gasteiger partial charge in [0, 0.05) is 69.5 Å². The third-order valence-electron chi connectivity index (χ3n) is 4.52. The van der Waals surface area contributed by atoms with Crippen molar-refractivity contribution >= 4 is 22.7 Å². The van der Waals surface area contributed by atoms with Gasteiger partial charge in [0.2, 0.25) is 0 Å². The monoisotopic (exact) mass is 330 g/mol. The largest absolute Gasteiger partial charge is 0.425 e. The third-order valence-corrected chi connectivity index (χ3v) is 4.52. The number of carbonyl (C=O) groups is 1. The lowest BCUT2D eigenvalue weighted by Gasteiger charge is -2.29. The summed E-state index contributed by atoms with van der Waals surface area (Å²) in [6, 6.07) is 7.88. The van der Waals surface area contributed by atoms with Gasteiger partial charge in [-0.05, 0) is 18.2 Å². The van der Waals surface area contributed by atoms with Crippen LogP contribution in [0.5, 0.6) is 5.95 Å². The molecule has 2 aliphatic heterocycles. The van der Waals surface area contributed by atoms with Crippen LogP contribution in [0.3, 0.4) is 0 Å². The summed E-state index contributed by atoms with van der Waals surface area (Å²) in [6.45, 7) is 6.89. The summed E-state index contributed by atoms with van der Waals surface area (Å²) < 4.78 is 11.0. The summed E-state index contributed by atoms with van der Waals surface area (Å²) in [4.78, 5) is 16.2. The van der Waals surface area contributed by atoms with E-state index >= 15 is 0 Å². The molecule has 1 amide bonds. The van der Waals surface area contributed by atoms with E-state index in [1.807, 2.05) is 6.07 Å². The molecule has 3 heterocycles. The molecule has 2 fully saturated rings. The van der Waals surface area contributed by atoms with Crippen molar-refractivity contribution in [1.82, 2.24) is 15.5 Å². The Morgan fingerprint density at radius 2 is 1.71 bits per heavy atom. The first-order valence-corrected chi connectivity index (χ1v) is 8.46. The van der Waals surface area contributed by atoms with E-state index in [0.29, 0.717) is 13.1 Å². The van der Waals surface area contributed by atoms with Crippen molar-refractivity contribution < 1.29 is 13.9 Å². The Bertz CT molecular complexity index is 718. The summed E-state index contributed by atoms with van der Waals surface area (Å²) in [5.74, 6) is 0.256. The first kappa shape index (κ1) is 15.3. The van der Waals surface area contributed by atoms with Crippen LogP contribution in [0.1, 0.15) is 0 Å². The molecule has 0 unspecified atom stereocenters. The highest BCUT2D eigenvalue weighted by Gasteiger charge is 2.20. The zero-order valence-corrected chi connectivity index (χ0v) is 13.6. The van der Waals surface area contributed by atoms with Crippen LogP contribution in [0.25, 0.3) is 11.0 Å². The maximum atomic E-state index is 12.2. The van der Waals surface area contributed by atoms with Crippen LogP contribution in [0.2, 0.25) is 0 Å². The Balaban J connectivity index is 1.49. The average molecular weight is 330 g/mol. The first-order chi connectivity index (χ1) is 11.8. The van der Waals surface area contributed by atoms with E-state index < -0.39 is 0 Å². The van der Waals surface area contributed by atoms with Gasteiger partial charge < -0.3 is 29.6 Å². The molecule has 2 saturated heterocycles. The molecular formula is C17H22N4O3. The molecule has 0 bridgehead atoms. The van der Waals surface area contributed by atoms with Gasteiger partial charge in [-0.25, -0.2) is 4.79 Å². The van der Waals surface area contributed by atoms with E-state index in [-0.39, 0.29) is 12.0 Å². The van der Waals surface area contributed by atoms with E-state index in [4.69, 9.17) is 9.15 Å². The van der Waals surface area contributed by atoms with E-state index in [0.717, 1.165) is 50.2 Å². The van der Waals surface area contributed by atoms with Crippen LogP contribution in [0, 0.1) is 0 Å². The molecule has 7 nitrogen and oxygen atoms in total. The van der Waals surface area contributed by atoms with Crippen molar-refractivity contribution in [3.8, 4) is 5.95 Å². The van der Waals surface area contributed by atoms with E-state index in [1.165, 1.54) is 5.69 Å². The summed E-state index contributed by atoms with van der Waals surface area (Å²) >= 11 is 0. The second kappa shape index (κ2) is 6.70. The van der Waals surface area contributed by atoms with E-state index in [2.05, 4.69) is 27.7 Å². The van der Waals surface area contributed by atoms with Gasteiger partial charge in [0.15, 0.2) is 0 Å². The molecule has 24 heavy (non-hydrogen) atoms. The second-order valence-electron chi connectivity index (χ2n) is 6.13. The number of hydrogen-bond acceptors (Lipinski definition) is 6. The number of nitrogens with one attached hydrogen (secondary N) is 2. The zero-order chi connectivity index (χ0) is 16.4. The van der Waals surface area contributed by atoms with Gasteiger partial charge in [0.05, 0.1) is 0 Å². The fourth-order valence-corrected chi connectivity index (χ4v) is 3.17. The Morgan fingerprint density at radius 1 is 1.00 bits per heavy atom. The summed E-state index contributed by atoms with van der Waals surface area (Å²) in [7, 11) is 0. The molecule has 0 atom stereocenters. The number of anilines is 1. The number of furan rings is 1. The maximum absolute atomic E-state index is 12.2. The summed E-state index contributed by atoms with van der Waals surface area (Å²) in [5, 5.41) is 7.51. The van der Waals surface area contributed by atoms with Gasteiger partial charge in [-0.2, -0.15) is 0 Å². The van der Waals surface area contributed by atoms with Crippen LogP contribution in [-0.4, -0.2) is 63.4 Å². The molecular weight excluding hydrogens is 308 g/mol. The molecule has 0 aliphatic carbocycles. The third kappa shape index (κ3) is 3.18. The SMILES string of the molecule is O=C(Oc1cc2cc(N3CCNCC3)ccc2o1)N1CCNCC1. The Kier molecular flexibility index (Phi) is 4.27. The molecule has 128 valence electrons. The Labute approximate surface area is 140 Å². The van der Waals surface area contributed by atoms with Crippen molar-refractivity contribution in [2.24, 2.45) is 0 Å². The van der Waals surface area contributed by atoms with Gasteiger partial charge >= 0.3 is 6.09 Å². The molecule has 1 aromatic carbocycles. The molecule has 2 aromatic rings. The van der Waals surface area contributed by atoms with Gasteiger partial charge in [-0.1, -0.05) is 0 Å². The molecule has 4 rings (SSSR count). The summed E-state index contributed by atoms with van der Waals surface area (Å²) in [5.41, 5.74) is 1.90. The first-order valence-electron chi connectivity index (χ1n) is 8.46. The lowest BCUT2D eigenvalue weighted by molar-refractivity contribution is 0.136. The number of fused-ring (bicyclic) bond motifs is 1. The lowest BCUT2D eigenvalue weighted by atomic mass is 10.2. The number of rotatable bonds is 2. The lowest BCUT2D eigenvalue weighted by Crippen LogP contribution is -2.47. The number of ether oxygens (including phenoxy) is 1. The van der Waals surface area contributed by atoms with Crippen molar-refractivity contribution in [2.45, 2.75) is 0 Å². The zero-order valence-electron chi connectivity index (χ0n) is 13.6. The van der Waals surface area contributed by atoms with Crippen molar-refractivity contribution in [3.63, 3.8) is 0 Å². The molecule has 1 aromatic heterocycles. The predicted molar refractivity (Wildman–Crippen MR) is 91.8 cm³/mol. The number of amides is 1. The highest BCUT2D eigenvalue weighted by Crippen LogP contribution is 2.29. The van der Waals surface area contributed by atoms with E-state index in [9.17, 15) is 4.79 Å². The maximum Gasteiger partial charge on any atom is 0.417 e. The van der Waals surface area contributed by atoms with Crippen molar-refractivity contribution in [3.05, 3.63) is 24.3 Å². The molecule has 0 spiro atoms. The van der Waals surface area contributed by atoms with Crippen LogP contribution in [0.4, 0.5) is 10.5 Å². The molecule has 2 aliphatic rings. The minimum Gasteiger partial charge on any atom is -0.425 e. The van der Waals surface area contributed by atoms with Crippen molar-refractivity contribution in [1.29, 1.82) is 0 Å². The highest BCUT2D eigenvalue weighted by molar-refractivity contribution is 5.83. The van der Waals surface area contributed by atoms with Crippen LogP contribution >= 0.6 is 0 Å². The molecule has 0 saturated carbocycles. The summed E-state index contributed by atoms with van der Waals surface area (Å²) in [6.07, 6.45) is -0.349. The van der Waals surface area contributed by atoms with Gasteiger partial charge in [-0.15, -0.1) is 0 Å². The fourth-order valence-electron chi connectivity index (χ4n) is 3.17. The number of piperazine rings is 2. The fraction of sp³-hybridized carbons (Fsp3) is 0.471. The van der Waals surface area contributed by atoms with Crippen molar-refractivity contribution in [2.75, 3.05) is 57.3 Å². The highest BCUT2D eigenvalue weighted by atomic mass is 16.6. The molecule has 0 radical (unpaired) electrons. The quantitative estimate of drug-likeness (QED) is 0.864. The number of hydrogen-bond donors (Lipinski definition) is 2. The van der Waals surface area contributed by atoms with Gasteiger partial charge in [0.1, 0.15) is 5.58 Å². The Hall–Kier alpha value is -2.25. The topological polar surface area (TPSA) is 70.0 Å². The Morgan fingerprint density at radius 3 is 2.46 bits per heavy atom. The minimum absolute atomic E-state index is 0.256. The van der Waals surface area contributed by atoms with Gasteiger partial charge in [-0.3, -0.25) is 0 Å². The second-order valence-corrected chi connectivity index (χ2v) is 6.13. The minimum atomic E-state index is -0.349. The van der Waals surface area contributed by atoms with Crippen LogP contribution < -0.4 is 20.3 Å². The smallest absolute Gasteiger partial charge is 0.417 e. The molecule has 7 heteroatoms. The van der Waals surface area contributed by atoms with E-state index in [1.54, 1.807) is 11.0 Å². The standard InChI is InChI=1S/C17H22N4O3/c22-17(21-9-5-19-6-10-21)24-16-12-13-11-14(1-2-15(13)23-16)20-7-3-18-4-8-20/h1-2,11-12,18-19H,3-10H2. The number of nitrogens with zero attached hydrogens (tertiary/aromatic N) is 2. The average Bonchev–Trinajstić information content (AvgIpc) is 3.04. The van der Waals surface area contributed by atoms with Crippen LogP contribution in [0.15, 0.2) is 28.7 Å².